The van der Waals surface area contributed by atoms with Gasteiger partial charge in [0, 0.05) is 45.3 Å². The summed E-state index contributed by atoms with van der Waals surface area (Å²) in [5, 5.41) is 2.86. The smallest absolute Gasteiger partial charge is 0.221 e. The van der Waals surface area contributed by atoms with Crippen LogP contribution >= 0.6 is 0 Å². The Morgan fingerprint density at radius 2 is 1.37 bits per heavy atom. The van der Waals surface area contributed by atoms with Gasteiger partial charge in [0.15, 0.2) is 0 Å². The van der Waals surface area contributed by atoms with Crippen LogP contribution in [0, 0.1) is 0 Å². The molecule has 4 nitrogen and oxygen atoms in total. The Morgan fingerprint density at radius 3 is 1.97 bits per heavy atom. The number of hydrogen-bond donors (Lipinski definition) is 1. The van der Waals surface area contributed by atoms with Gasteiger partial charge in [0.25, 0.3) is 0 Å². The molecule has 0 saturated carbocycles. The average molecular weight is 400 g/mol. The van der Waals surface area contributed by atoms with Crippen LogP contribution in [0.3, 0.4) is 0 Å². The van der Waals surface area contributed by atoms with E-state index in [0.717, 1.165) is 38.4 Å². The van der Waals surface area contributed by atoms with Gasteiger partial charge in [0.1, 0.15) is 0 Å². The first kappa shape index (κ1) is 20.3. The van der Waals surface area contributed by atoms with E-state index in [2.05, 4.69) is 87.9 Å². The number of carbonyl (C=O) groups is 1. The number of carbonyl (C=O) groups excluding carboxylic acids is 1. The molecule has 1 N–H and O–H groups in total. The van der Waals surface area contributed by atoms with Crippen molar-refractivity contribution in [3.8, 4) is 0 Å². The number of hydrogen-bond acceptors (Lipinski definition) is 3. The molecule has 1 aliphatic heterocycles. The van der Waals surface area contributed by atoms with E-state index in [4.69, 9.17) is 0 Å². The van der Waals surface area contributed by atoms with Crippen LogP contribution in [-0.2, 0) is 11.3 Å². The fraction of sp³-hybridized carbons (Fsp3) is 0.269. The summed E-state index contributed by atoms with van der Waals surface area (Å²) in [6, 6.07) is 29.9. The summed E-state index contributed by atoms with van der Waals surface area (Å²) in [7, 11) is 0. The van der Waals surface area contributed by atoms with Gasteiger partial charge in [-0.25, -0.2) is 0 Å². The summed E-state index contributed by atoms with van der Waals surface area (Å²) in [6.07, 6.45) is 0. The van der Waals surface area contributed by atoms with Crippen molar-refractivity contribution in [2.45, 2.75) is 19.5 Å². The maximum absolute atomic E-state index is 11.3. The summed E-state index contributed by atoms with van der Waals surface area (Å²) >= 11 is 0. The zero-order valence-corrected chi connectivity index (χ0v) is 17.5. The van der Waals surface area contributed by atoms with Gasteiger partial charge in [0.2, 0.25) is 5.91 Å². The Hall–Kier alpha value is -2.95. The fourth-order valence-electron chi connectivity index (χ4n) is 4.22. The lowest BCUT2D eigenvalue weighted by atomic mass is 9.96. The van der Waals surface area contributed by atoms with E-state index in [9.17, 15) is 4.79 Å². The van der Waals surface area contributed by atoms with Crippen LogP contribution in [-0.4, -0.2) is 41.9 Å². The molecule has 1 atom stereocenters. The minimum atomic E-state index is -0.0445. The van der Waals surface area contributed by atoms with E-state index < -0.39 is 0 Å². The standard InChI is InChI=1S/C26H29N3O/c1-21(30)27-25-14-12-24(13-15-25)26(23-10-6-3-7-11-23)29-18-16-28(17-19-29)20-22-8-4-2-5-9-22/h2-15,26H,16-20H2,1H3,(H,27,30). The third-order valence-corrected chi connectivity index (χ3v) is 5.68. The van der Waals surface area contributed by atoms with Gasteiger partial charge in [-0.2, -0.15) is 0 Å². The van der Waals surface area contributed by atoms with Crippen molar-refractivity contribution in [2.24, 2.45) is 0 Å². The number of nitrogens with one attached hydrogen (secondary N) is 1. The lowest BCUT2D eigenvalue weighted by molar-refractivity contribution is -0.114. The lowest BCUT2D eigenvalue weighted by Gasteiger charge is -2.40. The Labute approximate surface area is 179 Å². The number of benzene rings is 3. The Morgan fingerprint density at radius 1 is 0.800 bits per heavy atom. The predicted molar refractivity (Wildman–Crippen MR) is 122 cm³/mol. The molecule has 1 fully saturated rings. The van der Waals surface area contributed by atoms with Crippen molar-refractivity contribution in [3.63, 3.8) is 0 Å². The summed E-state index contributed by atoms with van der Waals surface area (Å²) in [5.41, 5.74) is 4.78. The third kappa shape index (κ3) is 5.15. The van der Waals surface area contributed by atoms with Gasteiger partial charge in [-0.05, 0) is 28.8 Å². The quantitative estimate of drug-likeness (QED) is 0.660. The number of nitrogens with zero attached hydrogens (tertiary/aromatic N) is 2. The maximum Gasteiger partial charge on any atom is 0.221 e. The highest BCUT2D eigenvalue weighted by molar-refractivity contribution is 5.88. The number of amides is 1. The van der Waals surface area contributed by atoms with E-state index in [0.29, 0.717) is 0 Å². The Kier molecular flexibility index (Phi) is 6.57. The first-order chi connectivity index (χ1) is 14.7. The number of piperazine rings is 1. The third-order valence-electron chi connectivity index (χ3n) is 5.68. The Balaban J connectivity index is 1.49. The molecule has 4 rings (SSSR count). The molecule has 3 aromatic carbocycles. The highest BCUT2D eigenvalue weighted by Gasteiger charge is 2.26. The summed E-state index contributed by atoms with van der Waals surface area (Å²) in [4.78, 5) is 16.4. The average Bonchev–Trinajstić information content (AvgIpc) is 2.77. The Bertz CT molecular complexity index is 933. The molecule has 0 aliphatic carbocycles. The van der Waals surface area contributed by atoms with E-state index in [1.165, 1.54) is 23.6 Å². The van der Waals surface area contributed by atoms with Crippen molar-refractivity contribution in [1.29, 1.82) is 0 Å². The highest BCUT2D eigenvalue weighted by atomic mass is 16.1. The number of rotatable bonds is 6. The first-order valence-electron chi connectivity index (χ1n) is 10.6. The summed E-state index contributed by atoms with van der Waals surface area (Å²) in [6.45, 7) is 6.72. The molecule has 0 aromatic heterocycles. The molecule has 1 amide bonds. The van der Waals surface area contributed by atoms with Crippen molar-refractivity contribution in [1.82, 2.24) is 9.80 Å². The van der Waals surface area contributed by atoms with E-state index in [-0.39, 0.29) is 11.9 Å². The minimum absolute atomic E-state index is 0.0445. The molecule has 0 radical (unpaired) electrons. The van der Waals surface area contributed by atoms with E-state index in [1.54, 1.807) is 0 Å². The van der Waals surface area contributed by atoms with Crippen LogP contribution in [0.2, 0.25) is 0 Å². The second-order valence-corrected chi connectivity index (χ2v) is 7.91. The van der Waals surface area contributed by atoms with Crippen LogP contribution in [0.1, 0.15) is 29.7 Å². The molecule has 1 saturated heterocycles. The van der Waals surface area contributed by atoms with Crippen LogP contribution in [0.15, 0.2) is 84.9 Å². The van der Waals surface area contributed by atoms with Gasteiger partial charge in [-0.15, -0.1) is 0 Å². The lowest BCUT2D eigenvalue weighted by Crippen LogP contribution is -2.47. The molecule has 1 aliphatic rings. The molecule has 154 valence electrons. The molecular weight excluding hydrogens is 370 g/mol. The molecule has 1 heterocycles. The predicted octanol–water partition coefficient (Wildman–Crippen LogP) is 4.55. The molecule has 0 bridgehead atoms. The molecule has 0 spiro atoms. The normalized spacial score (nSPS) is 16.2. The van der Waals surface area contributed by atoms with Crippen molar-refractivity contribution in [3.05, 3.63) is 102 Å². The summed E-state index contributed by atoms with van der Waals surface area (Å²) < 4.78 is 0. The second kappa shape index (κ2) is 9.70. The number of anilines is 1. The zero-order chi connectivity index (χ0) is 20.8. The highest BCUT2D eigenvalue weighted by Crippen LogP contribution is 2.30. The largest absolute Gasteiger partial charge is 0.326 e. The monoisotopic (exact) mass is 399 g/mol. The van der Waals surface area contributed by atoms with Crippen LogP contribution in [0.4, 0.5) is 5.69 Å². The van der Waals surface area contributed by atoms with Crippen molar-refractivity contribution in [2.75, 3.05) is 31.5 Å². The first-order valence-corrected chi connectivity index (χ1v) is 10.6. The van der Waals surface area contributed by atoms with Crippen LogP contribution in [0.25, 0.3) is 0 Å². The second-order valence-electron chi connectivity index (χ2n) is 7.91. The fourth-order valence-corrected chi connectivity index (χ4v) is 4.22. The summed E-state index contributed by atoms with van der Waals surface area (Å²) in [5.74, 6) is -0.0445. The molecule has 4 heteroatoms. The van der Waals surface area contributed by atoms with Gasteiger partial charge in [-0.3, -0.25) is 14.6 Å². The topological polar surface area (TPSA) is 35.6 Å². The van der Waals surface area contributed by atoms with Gasteiger partial charge in [0.05, 0.1) is 6.04 Å². The van der Waals surface area contributed by atoms with Gasteiger partial charge < -0.3 is 5.32 Å². The molecule has 1 unspecified atom stereocenters. The van der Waals surface area contributed by atoms with E-state index in [1.807, 2.05) is 12.1 Å². The van der Waals surface area contributed by atoms with Gasteiger partial charge >= 0.3 is 0 Å². The maximum atomic E-state index is 11.3. The SMILES string of the molecule is CC(=O)Nc1ccc(C(c2ccccc2)N2CCN(Cc3ccccc3)CC2)cc1. The van der Waals surface area contributed by atoms with Gasteiger partial charge in [-0.1, -0.05) is 72.8 Å². The molecule has 3 aromatic rings. The molecular formula is C26H29N3O. The zero-order valence-electron chi connectivity index (χ0n) is 17.5. The van der Waals surface area contributed by atoms with Crippen molar-refractivity contribution < 1.29 is 4.79 Å². The van der Waals surface area contributed by atoms with Crippen LogP contribution in [0.5, 0.6) is 0 Å². The minimum Gasteiger partial charge on any atom is -0.326 e. The van der Waals surface area contributed by atoms with Crippen LogP contribution < -0.4 is 5.32 Å². The molecule has 30 heavy (non-hydrogen) atoms. The van der Waals surface area contributed by atoms with Crippen molar-refractivity contribution >= 4 is 11.6 Å². The van der Waals surface area contributed by atoms with E-state index >= 15 is 0 Å².